The summed E-state index contributed by atoms with van der Waals surface area (Å²) in [4.78, 5) is 21.4. The number of imidazole rings is 1. The zero-order valence-corrected chi connectivity index (χ0v) is 15.6. The number of hydrogen-bond donors (Lipinski definition) is 0. The second kappa shape index (κ2) is 7.49. The summed E-state index contributed by atoms with van der Waals surface area (Å²) in [5, 5.41) is 4.08. The van der Waals surface area contributed by atoms with Crippen LogP contribution in [0, 0.1) is 0 Å². The molecule has 1 amide bonds. The molecule has 0 unspecified atom stereocenters. The van der Waals surface area contributed by atoms with Crippen molar-refractivity contribution in [3.63, 3.8) is 0 Å². The lowest BCUT2D eigenvalue weighted by atomic mass is 10.2. The molecule has 3 heterocycles. The first kappa shape index (κ1) is 17.2. The van der Waals surface area contributed by atoms with Gasteiger partial charge in [0, 0.05) is 44.8 Å². The maximum atomic E-state index is 12.5. The van der Waals surface area contributed by atoms with Gasteiger partial charge in [0.1, 0.15) is 5.82 Å². The summed E-state index contributed by atoms with van der Waals surface area (Å²) in [6.45, 7) is 7.67. The number of hydrogen-bond acceptors (Lipinski definition) is 4. The van der Waals surface area contributed by atoms with Crippen LogP contribution in [0.3, 0.4) is 0 Å². The number of rotatable bonds is 5. The molecule has 1 aliphatic heterocycles. The topological polar surface area (TPSA) is 41.4 Å². The molecule has 2 aromatic rings. The maximum absolute atomic E-state index is 12.5. The van der Waals surface area contributed by atoms with Crippen molar-refractivity contribution in [3.8, 4) is 0 Å². The number of nitrogens with zero attached hydrogens (tertiary/aromatic N) is 4. The molecule has 0 aromatic carbocycles. The van der Waals surface area contributed by atoms with Crippen LogP contribution in [0.15, 0.2) is 23.0 Å². The molecular weight excluding hydrogens is 320 g/mol. The van der Waals surface area contributed by atoms with Crippen molar-refractivity contribution in [3.05, 3.63) is 40.1 Å². The molecule has 0 atom stereocenters. The summed E-state index contributed by atoms with van der Waals surface area (Å²) < 4.78 is 2.30. The largest absolute Gasteiger partial charge is 0.340 e. The zero-order valence-electron chi connectivity index (χ0n) is 14.7. The number of aromatic nitrogens is 2. The Kier molecular flexibility index (Phi) is 5.36. The molecule has 6 heteroatoms. The molecular formula is C18H26N4OS. The molecule has 1 aliphatic rings. The molecule has 0 saturated carbocycles. The third kappa shape index (κ3) is 3.87. The Bertz CT molecular complexity index is 677. The minimum absolute atomic E-state index is 0.222. The van der Waals surface area contributed by atoms with Crippen LogP contribution in [0.1, 0.15) is 30.9 Å². The van der Waals surface area contributed by atoms with E-state index in [0.717, 1.165) is 44.0 Å². The van der Waals surface area contributed by atoms with E-state index in [0.29, 0.717) is 12.5 Å². The molecule has 0 N–H and O–H groups in total. The van der Waals surface area contributed by atoms with Gasteiger partial charge in [-0.15, -0.1) is 0 Å². The lowest BCUT2D eigenvalue weighted by molar-refractivity contribution is -0.130. The van der Waals surface area contributed by atoms with Gasteiger partial charge < -0.3 is 9.47 Å². The van der Waals surface area contributed by atoms with Gasteiger partial charge in [0.25, 0.3) is 0 Å². The van der Waals surface area contributed by atoms with E-state index in [2.05, 4.69) is 40.7 Å². The fourth-order valence-corrected chi connectivity index (χ4v) is 3.66. The predicted molar refractivity (Wildman–Crippen MR) is 97.1 cm³/mol. The lowest BCUT2D eigenvalue weighted by Gasteiger charge is -2.22. The quantitative estimate of drug-likeness (QED) is 0.835. The number of amides is 1. The molecule has 0 fully saturated rings. The van der Waals surface area contributed by atoms with Gasteiger partial charge >= 0.3 is 0 Å². The van der Waals surface area contributed by atoms with Crippen LogP contribution in [0.4, 0.5) is 0 Å². The van der Waals surface area contributed by atoms with Crippen LogP contribution in [0.25, 0.3) is 0 Å². The van der Waals surface area contributed by atoms with Crippen molar-refractivity contribution in [2.45, 2.75) is 45.8 Å². The van der Waals surface area contributed by atoms with E-state index in [1.165, 1.54) is 5.69 Å². The van der Waals surface area contributed by atoms with E-state index in [4.69, 9.17) is 0 Å². The summed E-state index contributed by atoms with van der Waals surface area (Å²) in [6.07, 6.45) is 3.34. The van der Waals surface area contributed by atoms with E-state index in [1.807, 2.05) is 22.5 Å². The van der Waals surface area contributed by atoms with Crippen molar-refractivity contribution >= 4 is 17.2 Å². The van der Waals surface area contributed by atoms with E-state index in [-0.39, 0.29) is 5.91 Å². The molecule has 2 aromatic heterocycles. The average Bonchev–Trinajstić information content (AvgIpc) is 3.13. The van der Waals surface area contributed by atoms with Crippen LogP contribution >= 0.6 is 11.3 Å². The number of fused-ring (bicyclic) bond motifs is 1. The normalized spacial score (nSPS) is 15.0. The molecule has 3 rings (SSSR count). The van der Waals surface area contributed by atoms with Crippen molar-refractivity contribution in [2.24, 2.45) is 0 Å². The summed E-state index contributed by atoms with van der Waals surface area (Å²) in [7, 11) is 2.14. The van der Waals surface area contributed by atoms with Gasteiger partial charge in [-0.25, -0.2) is 4.98 Å². The van der Waals surface area contributed by atoms with Gasteiger partial charge in [-0.2, -0.15) is 11.3 Å². The van der Waals surface area contributed by atoms with E-state index >= 15 is 0 Å². The molecule has 24 heavy (non-hydrogen) atoms. The van der Waals surface area contributed by atoms with Crippen LogP contribution in [0.2, 0.25) is 0 Å². The Labute approximate surface area is 147 Å². The fraction of sp³-hybridized carbons (Fsp3) is 0.556. The van der Waals surface area contributed by atoms with Crippen molar-refractivity contribution in [1.82, 2.24) is 19.4 Å². The standard InChI is InChI=1S/C18H26N4OS/c1-14(2)20(3)12-16-11-19-17-4-6-21(7-8-22(16)17)18(23)10-15-5-9-24-13-15/h5,9,11,13-14H,4,6-8,10,12H2,1-3H3. The third-order valence-corrected chi connectivity index (χ3v) is 5.53. The van der Waals surface area contributed by atoms with Gasteiger partial charge in [0.15, 0.2) is 0 Å². The molecule has 0 radical (unpaired) electrons. The van der Waals surface area contributed by atoms with Gasteiger partial charge in [-0.05, 0) is 43.3 Å². The first-order valence-corrected chi connectivity index (χ1v) is 9.51. The van der Waals surface area contributed by atoms with E-state index < -0.39 is 0 Å². The number of thiophene rings is 1. The first-order valence-electron chi connectivity index (χ1n) is 8.57. The summed E-state index contributed by atoms with van der Waals surface area (Å²) in [5.74, 6) is 1.33. The molecule has 5 nitrogen and oxygen atoms in total. The Morgan fingerprint density at radius 1 is 1.38 bits per heavy atom. The predicted octanol–water partition coefficient (Wildman–Crippen LogP) is 2.41. The van der Waals surface area contributed by atoms with E-state index in [1.54, 1.807) is 11.3 Å². The van der Waals surface area contributed by atoms with Crippen LogP contribution in [0.5, 0.6) is 0 Å². The molecule has 130 valence electrons. The van der Waals surface area contributed by atoms with Crippen LogP contribution < -0.4 is 0 Å². The maximum Gasteiger partial charge on any atom is 0.227 e. The van der Waals surface area contributed by atoms with Gasteiger partial charge in [-0.1, -0.05) is 0 Å². The Morgan fingerprint density at radius 2 is 2.21 bits per heavy atom. The van der Waals surface area contributed by atoms with Crippen LogP contribution in [-0.2, 0) is 30.7 Å². The average molecular weight is 347 g/mol. The zero-order chi connectivity index (χ0) is 17.1. The fourth-order valence-electron chi connectivity index (χ4n) is 2.99. The number of carbonyl (C=O) groups is 1. The Morgan fingerprint density at radius 3 is 2.92 bits per heavy atom. The lowest BCUT2D eigenvalue weighted by Crippen LogP contribution is -2.35. The van der Waals surface area contributed by atoms with Gasteiger partial charge in [-0.3, -0.25) is 9.69 Å². The first-order chi connectivity index (χ1) is 11.5. The van der Waals surface area contributed by atoms with Gasteiger partial charge in [0.2, 0.25) is 5.91 Å². The highest BCUT2D eigenvalue weighted by Crippen LogP contribution is 2.15. The SMILES string of the molecule is CC(C)N(C)Cc1cnc2n1CCN(C(=O)Cc1ccsc1)CC2. The molecule has 0 aliphatic carbocycles. The van der Waals surface area contributed by atoms with Crippen molar-refractivity contribution in [2.75, 3.05) is 20.1 Å². The Balaban J connectivity index is 1.64. The highest BCUT2D eigenvalue weighted by Gasteiger charge is 2.21. The summed E-state index contributed by atoms with van der Waals surface area (Å²) >= 11 is 1.64. The van der Waals surface area contributed by atoms with Crippen LogP contribution in [-0.4, -0.2) is 51.4 Å². The third-order valence-electron chi connectivity index (χ3n) is 4.80. The highest BCUT2D eigenvalue weighted by atomic mass is 32.1. The monoisotopic (exact) mass is 346 g/mol. The van der Waals surface area contributed by atoms with Crippen molar-refractivity contribution in [1.29, 1.82) is 0 Å². The minimum atomic E-state index is 0.222. The minimum Gasteiger partial charge on any atom is -0.340 e. The molecule has 0 bridgehead atoms. The highest BCUT2D eigenvalue weighted by molar-refractivity contribution is 7.07. The Hall–Kier alpha value is -1.66. The smallest absolute Gasteiger partial charge is 0.227 e. The second-order valence-electron chi connectivity index (χ2n) is 6.77. The number of carbonyl (C=O) groups excluding carboxylic acids is 1. The molecule has 0 saturated heterocycles. The summed E-state index contributed by atoms with van der Waals surface area (Å²) in [5.41, 5.74) is 2.36. The molecule has 0 spiro atoms. The van der Waals surface area contributed by atoms with Crippen molar-refractivity contribution < 1.29 is 4.79 Å². The van der Waals surface area contributed by atoms with E-state index in [9.17, 15) is 4.79 Å². The van der Waals surface area contributed by atoms with Gasteiger partial charge in [0.05, 0.1) is 12.1 Å². The summed E-state index contributed by atoms with van der Waals surface area (Å²) in [6, 6.07) is 2.54. The second-order valence-corrected chi connectivity index (χ2v) is 7.55.